The Morgan fingerprint density at radius 1 is 0.933 bits per heavy atom. The van der Waals surface area contributed by atoms with E-state index in [9.17, 15) is 17.6 Å². The van der Waals surface area contributed by atoms with E-state index in [0.29, 0.717) is 5.56 Å². The van der Waals surface area contributed by atoms with Crippen molar-refractivity contribution >= 4 is 8.80 Å². The molecule has 0 spiro atoms. The molecule has 30 heavy (non-hydrogen) atoms. The van der Waals surface area contributed by atoms with Gasteiger partial charge in [-0.05, 0) is 61.1 Å². The molecule has 1 aliphatic carbocycles. The molecule has 0 N–H and O–H groups in total. The Labute approximate surface area is 180 Å². The minimum Gasteiger partial charge on any atom is -0.482 e. The summed E-state index contributed by atoms with van der Waals surface area (Å²) in [6, 6.07) is 7.10. The van der Waals surface area contributed by atoms with E-state index in [1.54, 1.807) is 0 Å². The predicted octanol–water partition coefficient (Wildman–Crippen LogP) is 7.71. The fourth-order valence-electron chi connectivity index (χ4n) is 5.65. The second-order valence-corrected chi connectivity index (χ2v) is 12.9. The first kappa shape index (κ1) is 23.6. The molecule has 1 saturated carbocycles. The summed E-state index contributed by atoms with van der Waals surface area (Å²) < 4.78 is 57.6. The van der Waals surface area contributed by atoms with Crippen molar-refractivity contribution in [1.82, 2.24) is 0 Å². The third-order valence-corrected chi connectivity index (χ3v) is 10.9. The van der Waals surface area contributed by atoms with Gasteiger partial charge in [-0.1, -0.05) is 57.2 Å². The first-order valence-corrected chi connectivity index (χ1v) is 14.3. The molecule has 0 unspecified atom stereocenters. The average Bonchev–Trinajstić information content (AvgIpc) is 2.74. The smallest absolute Gasteiger partial charge is 0.272 e. The minimum absolute atomic E-state index is 0.147. The normalized spacial score (nSPS) is 27.4. The molecule has 170 valence electrons. The summed E-state index contributed by atoms with van der Waals surface area (Å²) in [5.41, 5.74) is 0.639. The average molecular weight is 445 g/mol. The molecule has 0 bridgehead atoms. The number of hydrogen-bond donors (Lipinski definition) is 0. The summed E-state index contributed by atoms with van der Waals surface area (Å²) in [5, 5.41) is 0. The molecule has 3 rings (SSSR count). The molecule has 2 fully saturated rings. The molecule has 6 heteroatoms. The van der Waals surface area contributed by atoms with E-state index in [2.05, 4.69) is 11.7 Å². The Morgan fingerprint density at radius 2 is 1.53 bits per heavy atom. The number of rotatable bonds is 9. The number of ether oxygens (including phenoxy) is 1. The van der Waals surface area contributed by atoms with Crippen LogP contribution in [0, 0.1) is 23.5 Å². The first-order valence-electron chi connectivity index (χ1n) is 11.9. The minimum atomic E-state index is -2.76. The lowest BCUT2D eigenvalue weighted by Crippen LogP contribution is -2.28. The van der Waals surface area contributed by atoms with Gasteiger partial charge in [-0.15, -0.1) is 0 Å². The third kappa shape index (κ3) is 6.48. The molecule has 1 aromatic carbocycles. The molecule has 0 radical (unpaired) electrons. The number of unbranched alkanes of at least 4 members (excludes halogenated alkanes) is 2. The Balaban J connectivity index is 1.48. The summed E-state index contributed by atoms with van der Waals surface area (Å²) >= 11 is 0. The summed E-state index contributed by atoms with van der Waals surface area (Å²) in [4.78, 5) is 0. The van der Waals surface area contributed by atoms with Crippen LogP contribution >= 0.6 is 0 Å². The zero-order chi connectivity index (χ0) is 21.5. The van der Waals surface area contributed by atoms with Crippen LogP contribution in [-0.2, 0) is 0 Å². The zero-order valence-electron chi connectivity index (χ0n) is 18.2. The van der Waals surface area contributed by atoms with E-state index in [1.807, 2.05) is 0 Å². The highest BCUT2D eigenvalue weighted by molar-refractivity contribution is 6.58. The van der Waals surface area contributed by atoms with Crippen molar-refractivity contribution in [2.75, 3.05) is 6.61 Å². The maximum absolute atomic E-state index is 14.2. The SMILES string of the molecule is CCCCC[Si@H]1CC[C@H]([C@H]2CC[C@H](c3cc(F)c(OCC(F)F)c(F)c3)CC2)CC1. The molecular formula is C24H36F4OSi. The van der Waals surface area contributed by atoms with E-state index in [-0.39, 0.29) is 5.92 Å². The number of halogens is 4. The molecule has 0 atom stereocenters. The van der Waals surface area contributed by atoms with Crippen LogP contribution in [0.3, 0.4) is 0 Å². The van der Waals surface area contributed by atoms with Crippen molar-refractivity contribution in [3.05, 3.63) is 29.3 Å². The number of alkyl halides is 2. The maximum atomic E-state index is 14.2. The molecule has 0 aromatic heterocycles. The van der Waals surface area contributed by atoms with Crippen molar-refractivity contribution in [2.24, 2.45) is 11.8 Å². The Kier molecular flexibility index (Phi) is 9.08. The quantitative estimate of drug-likeness (QED) is 0.215. The van der Waals surface area contributed by atoms with E-state index in [0.717, 1.165) is 37.5 Å². The van der Waals surface area contributed by atoms with Crippen molar-refractivity contribution < 1.29 is 22.3 Å². The summed E-state index contributed by atoms with van der Waals surface area (Å²) in [5.74, 6) is -0.685. The van der Waals surface area contributed by atoms with Gasteiger partial charge in [0, 0.05) is 8.80 Å². The summed E-state index contributed by atoms with van der Waals surface area (Å²) in [7, 11) is -0.483. The van der Waals surface area contributed by atoms with Gasteiger partial charge in [0.25, 0.3) is 6.43 Å². The number of hydrogen-bond acceptors (Lipinski definition) is 1. The highest BCUT2D eigenvalue weighted by atomic mass is 28.3. The molecule has 0 amide bonds. The standard InChI is InChI=1S/C24H36F4OSi/c1-2-3-4-11-30-12-9-19(10-13-30)17-5-7-18(8-6-17)20-14-21(25)24(22(26)15-20)29-16-23(27)28/h14-15,17-19,23,30H,2-13,16H2,1H3/t17-,18-,19-,30-. The van der Waals surface area contributed by atoms with E-state index in [1.165, 1.54) is 62.4 Å². The monoisotopic (exact) mass is 444 g/mol. The van der Waals surface area contributed by atoms with Crippen molar-refractivity contribution in [2.45, 2.75) is 95.2 Å². The fraction of sp³-hybridized carbons (Fsp3) is 0.750. The third-order valence-electron chi connectivity index (χ3n) is 7.39. The lowest BCUT2D eigenvalue weighted by atomic mass is 9.72. The first-order chi connectivity index (χ1) is 14.5. The molecule has 1 heterocycles. The van der Waals surface area contributed by atoms with Gasteiger partial charge in [0.2, 0.25) is 0 Å². The van der Waals surface area contributed by atoms with Crippen molar-refractivity contribution in [3.8, 4) is 5.75 Å². The molecule has 2 aliphatic rings. The van der Waals surface area contributed by atoms with Crippen LogP contribution in [0.5, 0.6) is 5.75 Å². The van der Waals surface area contributed by atoms with Crippen molar-refractivity contribution in [3.63, 3.8) is 0 Å². The van der Waals surface area contributed by atoms with Gasteiger partial charge in [-0.25, -0.2) is 17.6 Å². The molecule has 1 aromatic rings. The highest BCUT2D eigenvalue weighted by Gasteiger charge is 2.32. The Hall–Kier alpha value is -1.04. The van der Waals surface area contributed by atoms with E-state index >= 15 is 0 Å². The van der Waals surface area contributed by atoms with Crippen LogP contribution in [0.15, 0.2) is 12.1 Å². The number of benzene rings is 1. The Morgan fingerprint density at radius 3 is 2.10 bits per heavy atom. The zero-order valence-corrected chi connectivity index (χ0v) is 19.3. The second kappa shape index (κ2) is 11.5. The lowest BCUT2D eigenvalue weighted by Gasteiger charge is -2.37. The molecule has 1 nitrogen and oxygen atoms in total. The summed E-state index contributed by atoms with van der Waals surface area (Å²) in [6.45, 7) is 1.27. The largest absolute Gasteiger partial charge is 0.482 e. The topological polar surface area (TPSA) is 9.23 Å². The van der Waals surface area contributed by atoms with Crippen LogP contribution in [0.4, 0.5) is 17.6 Å². The van der Waals surface area contributed by atoms with Gasteiger partial charge < -0.3 is 4.74 Å². The van der Waals surface area contributed by atoms with Crippen LogP contribution < -0.4 is 4.74 Å². The van der Waals surface area contributed by atoms with E-state index < -0.39 is 39.2 Å². The van der Waals surface area contributed by atoms with Gasteiger partial charge in [-0.3, -0.25) is 0 Å². The van der Waals surface area contributed by atoms with Crippen LogP contribution in [0.25, 0.3) is 0 Å². The van der Waals surface area contributed by atoms with E-state index in [4.69, 9.17) is 0 Å². The maximum Gasteiger partial charge on any atom is 0.272 e. The summed E-state index contributed by atoms with van der Waals surface area (Å²) in [6.07, 6.45) is 8.34. The molecule has 1 saturated heterocycles. The van der Waals surface area contributed by atoms with Gasteiger partial charge in [0.1, 0.15) is 6.61 Å². The Bertz CT molecular complexity index is 630. The highest BCUT2D eigenvalue weighted by Crippen LogP contribution is 2.44. The second-order valence-electron chi connectivity index (χ2n) is 9.40. The van der Waals surface area contributed by atoms with Gasteiger partial charge in [0.05, 0.1) is 0 Å². The van der Waals surface area contributed by atoms with Gasteiger partial charge >= 0.3 is 0 Å². The van der Waals surface area contributed by atoms with Crippen molar-refractivity contribution in [1.29, 1.82) is 0 Å². The predicted molar refractivity (Wildman–Crippen MR) is 116 cm³/mol. The fourth-order valence-corrected chi connectivity index (χ4v) is 9.19. The van der Waals surface area contributed by atoms with Gasteiger partial charge in [0.15, 0.2) is 17.4 Å². The van der Waals surface area contributed by atoms with Crippen LogP contribution in [-0.4, -0.2) is 21.8 Å². The molecular weight excluding hydrogens is 408 g/mol. The lowest BCUT2D eigenvalue weighted by molar-refractivity contribution is 0.0777. The molecule has 1 aliphatic heterocycles. The van der Waals surface area contributed by atoms with Crippen LogP contribution in [0.2, 0.25) is 18.1 Å². The van der Waals surface area contributed by atoms with Gasteiger partial charge in [-0.2, -0.15) is 0 Å². The van der Waals surface area contributed by atoms with Crippen LogP contribution in [0.1, 0.15) is 76.2 Å².